The summed E-state index contributed by atoms with van der Waals surface area (Å²) < 4.78 is 0. The normalized spacial score (nSPS) is 10.3. The van der Waals surface area contributed by atoms with Crippen LogP contribution in [0.15, 0.2) is 30.6 Å². The van der Waals surface area contributed by atoms with Crippen molar-refractivity contribution in [2.24, 2.45) is 0 Å². The summed E-state index contributed by atoms with van der Waals surface area (Å²) in [6.45, 7) is 1.94. The quantitative estimate of drug-likeness (QED) is 0.548. The number of nitrogens with zero attached hydrogens (tertiary/aromatic N) is 1. The number of aromatic nitrogens is 1. The minimum Gasteiger partial charge on any atom is -0.265 e. The molecule has 0 aromatic carbocycles. The maximum absolute atomic E-state index is 3.87. The predicted octanol–water partition coefficient (Wildman–Crippen LogP) is 1.81. The van der Waals surface area contributed by atoms with Crippen LogP contribution in [-0.2, 0) is 0 Å². The molecule has 0 saturated heterocycles. The Labute approximate surface area is 55.1 Å². The molecular weight excluding hydrogens is 110 g/mol. The third kappa shape index (κ3) is 1.68. The van der Waals surface area contributed by atoms with Gasteiger partial charge in [0.25, 0.3) is 0 Å². The van der Waals surface area contributed by atoms with Gasteiger partial charge in [-0.05, 0) is 30.7 Å². The zero-order valence-electron chi connectivity index (χ0n) is 5.33. The molecule has 0 bridgehead atoms. The summed E-state index contributed by atoms with van der Waals surface area (Å²) in [5.41, 5.74) is 1.08. The molecular formula is C8H8N. The van der Waals surface area contributed by atoms with Crippen molar-refractivity contribution in [3.05, 3.63) is 42.2 Å². The van der Waals surface area contributed by atoms with E-state index < -0.39 is 0 Å². The van der Waals surface area contributed by atoms with Gasteiger partial charge in [0.1, 0.15) is 0 Å². The fourth-order valence-electron chi connectivity index (χ4n) is 0.615. The van der Waals surface area contributed by atoms with E-state index in [1.807, 2.05) is 25.1 Å². The van der Waals surface area contributed by atoms with Crippen LogP contribution in [-0.4, -0.2) is 4.98 Å². The number of pyridine rings is 1. The highest BCUT2D eigenvalue weighted by Gasteiger charge is 1.79. The molecule has 1 radical (unpaired) electrons. The monoisotopic (exact) mass is 118 g/mol. The van der Waals surface area contributed by atoms with Crippen molar-refractivity contribution in [3.63, 3.8) is 0 Å². The van der Waals surface area contributed by atoms with Gasteiger partial charge in [-0.25, -0.2) is 0 Å². The summed E-state index contributed by atoms with van der Waals surface area (Å²) in [4.78, 5) is 3.87. The Kier molecular flexibility index (Phi) is 2.02. The second-order valence-corrected chi connectivity index (χ2v) is 1.67. The molecule has 1 heterocycles. The van der Waals surface area contributed by atoms with Gasteiger partial charge in [0, 0.05) is 12.4 Å². The molecule has 0 aliphatic rings. The standard InChI is InChI=1S/C8H8N/c1-2-3-8-4-6-9-7-5-8/h2,4-7H,1H3. The van der Waals surface area contributed by atoms with Crippen LogP contribution in [0.1, 0.15) is 12.5 Å². The number of hydrogen-bond acceptors (Lipinski definition) is 1. The molecule has 1 rings (SSSR count). The van der Waals surface area contributed by atoms with E-state index in [-0.39, 0.29) is 0 Å². The van der Waals surface area contributed by atoms with Crippen LogP contribution in [0, 0.1) is 6.08 Å². The van der Waals surface area contributed by atoms with E-state index in [0.29, 0.717) is 0 Å². The Bertz CT molecular complexity index is 189. The number of rotatable bonds is 1. The van der Waals surface area contributed by atoms with Gasteiger partial charge in [0.2, 0.25) is 0 Å². The highest BCUT2D eigenvalue weighted by Crippen LogP contribution is 1.94. The lowest BCUT2D eigenvalue weighted by Gasteiger charge is -1.85. The highest BCUT2D eigenvalue weighted by molar-refractivity contribution is 5.17. The van der Waals surface area contributed by atoms with Crippen LogP contribution in [0.3, 0.4) is 0 Å². The Morgan fingerprint density at radius 2 is 2.11 bits per heavy atom. The average molecular weight is 118 g/mol. The molecule has 45 valence electrons. The van der Waals surface area contributed by atoms with E-state index >= 15 is 0 Å². The molecule has 1 aromatic rings. The SMILES string of the molecule is C/C=[C]/c1ccncc1. The Morgan fingerprint density at radius 3 is 2.67 bits per heavy atom. The molecule has 0 aliphatic heterocycles. The molecule has 1 heteroatoms. The smallest absolute Gasteiger partial charge is 0.0273 e. The van der Waals surface area contributed by atoms with Crippen LogP contribution >= 0.6 is 0 Å². The second-order valence-electron chi connectivity index (χ2n) is 1.67. The van der Waals surface area contributed by atoms with Crippen molar-refractivity contribution in [3.8, 4) is 0 Å². The Hall–Kier alpha value is -1.11. The average Bonchev–Trinajstić information content (AvgIpc) is 1.91. The molecule has 0 fully saturated rings. The van der Waals surface area contributed by atoms with Crippen molar-refractivity contribution < 1.29 is 0 Å². The zero-order chi connectivity index (χ0) is 6.53. The molecule has 1 nitrogen and oxygen atoms in total. The molecule has 0 saturated carbocycles. The van der Waals surface area contributed by atoms with Crippen molar-refractivity contribution in [1.82, 2.24) is 4.98 Å². The van der Waals surface area contributed by atoms with E-state index in [1.165, 1.54) is 0 Å². The third-order valence-electron chi connectivity index (χ3n) is 0.991. The van der Waals surface area contributed by atoms with Crippen LogP contribution in [0.2, 0.25) is 0 Å². The lowest BCUT2D eigenvalue weighted by molar-refractivity contribution is 1.31. The van der Waals surface area contributed by atoms with E-state index in [9.17, 15) is 0 Å². The maximum Gasteiger partial charge on any atom is 0.0273 e. The summed E-state index contributed by atoms with van der Waals surface area (Å²) in [7, 11) is 0. The van der Waals surface area contributed by atoms with Crippen molar-refractivity contribution in [2.75, 3.05) is 0 Å². The summed E-state index contributed by atoms with van der Waals surface area (Å²) in [6.07, 6.45) is 8.44. The van der Waals surface area contributed by atoms with Crippen molar-refractivity contribution >= 4 is 0 Å². The molecule has 0 spiro atoms. The fraction of sp³-hybridized carbons (Fsp3) is 0.125. The Morgan fingerprint density at radius 1 is 1.44 bits per heavy atom. The fourth-order valence-corrected chi connectivity index (χ4v) is 0.615. The van der Waals surface area contributed by atoms with Crippen molar-refractivity contribution in [1.29, 1.82) is 0 Å². The first-order chi connectivity index (χ1) is 4.43. The summed E-state index contributed by atoms with van der Waals surface area (Å²) in [5, 5.41) is 0. The van der Waals surface area contributed by atoms with Crippen LogP contribution in [0.4, 0.5) is 0 Å². The van der Waals surface area contributed by atoms with Gasteiger partial charge in [-0.1, -0.05) is 6.08 Å². The van der Waals surface area contributed by atoms with Gasteiger partial charge in [-0.15, -0.1) is 0 Å². The summed E-state index contributed by atoms with van der Waals surface area (Å²) in [5.74, 6) is 0. The minimum atomic E-state index is 1.08. The maximum atomic E-state index is 3.87. The number of allylic oxidation sites excluding steroid dienone is 1. The third-order valence-corrected chi connectivity index (χ3v) is 0.991. The van der Waals surface area contributed by atoms with Crippen LogP contribution in [0.5, 0.6) is 0 Å². The summed E-state index contributed by atoms with van der Waals surface area (Å²) in [6, 6.07) is 3.83. The van der Waals surface area contributed by atoms with Crippen LogP contribution in [0.25, 0.3) is 0 Å². The van der Waals surface area contributed by atoms with Gasteiger partial charge >= 0.3 is 0 Å². The first kappa shape index (κ1) is 6.02. The van der Waals surface area contributed by atoms with E-state index in [0.717, 1.165) is 5.56 Å². The predicted molar refractivity (Wildman–Crippen MR) is 36.8 cm³/mol. The van der Waals surface area contributed by atoms with Gasteiger partial charge in [0.05, 0.1) is 0 Å². The zero-order valence-corrected chi connectivity index (χ0v) is 5.33. The van der Waals surface area contributed by atoms with Crippen molar-refractivity contribution in [2.45, 2.75) is 6.92 Å². The van der Waals surface area contributed by atoms with E-state index in [4.69, 9.17) is 0 Å². The van der Waals surface area contributed by atoms with Crippen LogP contribution < -0.4 is 0 Å². The number of hydrogen-bond donors (Lipinski definition) is 0. The van der Waals surface area contributed by atoms with E-state index in [1.54, 1.807) is 12.4 Å². The van der Waals surface area contributed by atoms with Gasteiger partial charge < -0.3 is 0 Å². The lowest BCUT2D eigenvalue weighted by atomic mass is 10.2. The van der Waals surface area contributed by atoms with Gasteiger partial charge in [-0.2, -0.15) is 0 Å². The molecule has 0 unspecified atom stereocenters. The van der Waals surface area contributed by atoms with Gasteiger partial charge in [-0.3, -0.25) is 4.98 Å². The topological polar surface area (TPSA) is 12.9 Å². The molecule has 0 atom stereocenters. The largest absolute Gasteiger partial charge is 0.265 e. The molecule has 9 heavy (non-hydrogen) atoms. The van der Waals surface area contributed by atoms with Gasteiger partial charge in [0.15, 0.2) is 0 Å². The lowest BCUT2D eigenvalue weighted by Crippen LogP contribution is -1.72. The minimum absolute atomic E-state index is 1.08. The first-order valence-corrected chi connectivity index (χ1v) is 2.88. The molecule has 0 amide bonds. The highest BCUT2D eigenvalue weighted by atomic mass is 14.6. The Balaban J connectivity index is 2.85. The molecule has 1 aromatic heterocycles. The summed E-state index contributed by atoms with van der Waals surface area (Å²) >= 11 is 0. The first-order valence-electron chi connectivity index (χ1n) is 2.88. The second kappa shape index (κ2) is 3.02. The molecule has 0 N–H and O–H groups in total. The molecule has 0 aliphatic carbocycles. The van der Waals surface area contributed by atoms with E-state index in [2.05, 4.69) is 11.1 Å².